The number of nitrogens with one attached hydrogen (secondary N) is 2. The number of fused-ring (bicyclic) bond motifs is 2. The summed E-state index contributed by atoms with van der Waals surface area (Å²) in [7, 11) is 0. The number of nitrogens with zero attached hydrogens (tertiary/aromatic N) is 5. The first-order valence-electron chi connectivity index (χ1n) is 7.90. The lowest BCUT2D eigenvalue weighted by molar-refractivity contribution is 0.914. The van der Waals surface area contributed by atoms with Crippen LogP contribution in [-0.4, -0.2) is 37.7 Å². The van der Waals surface area contributed by atoms with E-state index in [-0.39, 0.29) is 0 Å². The van der Waals surface area contributed by atoms with Crippen LogP contribution in [0.3, 0.4) is 0 Å². The number of pyridine rings is 1. The summed E-state index contributed by atoms with van der Waals surface area (Å²) in [5.74, 6) is 2.32. The van der Waals surface area contributed by atoms with Gasteiger partial charge in [0.15, 0.2) is 0 Å². The number of rotatable bonds is 5. The highest BCUT2D eigenvalue weighted by Gasteiger charge is 2.05. The van der Waals surface area contributed by atoms with Crippen molar-refractivity contribution in [1.29, 1.82) is 0 Å². The molecule has 3 heterocycles. The fraction of sp³-hybridized carbons (Fsp3) is 0.176. The van der Waals surface area contributed by atoms with Crippen LogP contribution in [0.1, 0.15) is 5.69 Å². The quantitative estimate of drug-likeness (QED) is 0.503. The molecule has 0 saturated carbocycles. The van der Waals surface area contributed by atoms with Crippen molar-refractivity contribution in [3.8, 4) is 0 Å². The largest absolute Gasteiger partial charge is 0.368 e. The van der Waals surface area contributed by atoms with Crippen LogP contribution in [0, 0.1) is 6.92 Å². The summed E-state index contributed by atoms with van der Waals surface area (Å²) in [6, 6.07) is 12.1. The number of anilines is 2. The second-order valence-electron chi connectivity index (χ2n) is 5.64. The summed E-state index contributed by atoms with van der Waals surface area (Å²) in [6.07, 6.45) is 1.50. The zero-order chi connectivity index (χ0) is 17.2. The van der Waals surface area contributed by atoms with E-state index in [1.165, 1.54) is 6.33 Å². The summed E-state index contributed by atoms with van der Waals surface area (Å²) in [4.78, 5) is 13.1. The van der Waals surface area contributed by atoms with Crippen LogP contribution in [0.15, 0.2) is 47.2 Å². The van der Waals surface area contributed by atoms with E-state index in [0.29, 0.717) is 5.78 Å². The predicted octanol–water partition coefficient (Wildman–Crippen LogP) is 3.27. The lowest BCUT2D eigenvalue weighted by Crippen LogP contribution is -2.16. The monoisotopic (exact) mass is 397 g/mol. The number of hydrogen-bond acceptors (Lipinski definition) is 6. The van der Waals surface area contributed by atoms with Crippen LogP contribution in [0.2, 0.25) is 0 Å². The number of halogens is 1. The van der Waals surface area contributed by atoms with Gasteiger partial charge in [-0.25, -0.2) is 9.97 Å². The van der Waals surface area contributed by atoms with Crippen LogP contribution < -0.4 is 10.6 Å². The second kappa shape index (κ2) is 6.64. The molecule has 0 radical (unpaired) electrons. The van der Waals surface area contributed by atoms with E-state index >= 15 is 0 Å². The van der Waals surface area contributed by atoms with E-state index in [1.54, 1.807) is 4.52 Å². The van der Waals surface area contributed by atoms with Crippen molar-refractivity contribution in [3.05, 3.63) is 52.9 Å². The number of aromatic nitrogens is 5. The van der Waals surface area contributed by atoms with Gasteiger partial charge in [0.05, 0.1) is 5.52 Å². The zero-order valence-corrected chi connectivity index (χ0v) is 15.2. The van der Waals surface area contributed by atoms with Crippen molar-refractivity contribution in [1.82, 2.24) is 24.6 Å². The van der Waals surface area contributed by atoms with Crippen molar-refractivity contribution in [3.63, 3.8) is 0 Å². The van der Waals surface area contributed by atoms with Gasteiger partial charge in [0.25, 0.3) is 5.78 Å². The highest BCUT2D eigenvalue weighted by atomic mass is 79.9. The van der Waals surface area contributed by atoms with Crippen LogP contribution >= 0.6 is 15.9 Å². The molecule has 25 heavy (non-hydrogen) atoms. The third-order valence-electron chi connectivity index (χ3n) is 3.77. The Morgan fingerprint density at radius 2 is 1.92 bits per heavy atom. The highest BCUT2D eigenvalue weighted by Crippen LogP contribution is 2.20. The summed E-state index contributed by atoms with van der Waals surface area (Å²) in [5.41, 5.74) is 1.87. The average molecular weight is 398 g/mol. The molecule has 0 bridgehead atoms. The Morgan fingerprint density at radius 3 is 2.84 bits per heavy atom. The molecule has 0 amide bonds. The molecule has 0 aliphatic heterocycles. The molecular weight excluding hydrogens is 382 g/mol. The van der Waals surface area contributed by atoms with Crippen LogP contribution in [0.5, 0.6) is 0 Å². The van der Waals surface area contributed by atoms with E-state index in [4.69, 9.17) is 0 Å². The molecule has 0 unspecified atom stereocenters. The first-order valence-corrected chi connectivity index (χ1v) is 8.70. The van der Waals surface area contributed by atoms with Crippen molar-refractivity contribution < 1.29 is 0 Å². The van der Waals surface area contributed by atoms with Crippen molar-refractivity contribution >= 4 is 44.2 Å². The minimum atomic E-state index is 0.595. The summed E-state index contributed by atoms with van der Waals surface area (Å²) >= 11 is 3.48. The molecule has 126 valence electrons. The van der Waals surface area contributed by atoms with Gasteiger partial charge in [-0.1, -0.05) is 15.9 Å². The Kier molecular flexibility index (Phi) is 4.19. The smallest absolute Gasteiger partial charge is 0.254 e. The van der Waals surface area contributed by atoms with Crippen molar-refractivity contribution in [2.75, 3.05) is 23.7 Å². The van der Waals surface area contributed by atoms with Gasteiger partial charge >= 0.3 is 0 Å². The summed E-state index contributed by atoms with van der Waals surface area (Å²) < 4.78 is 2.75. The third kappa shape index (κ3) is 3.39. The second-order valence-corrected chi connectivity index (χ2v) is 6.56. The van der Waals surface area contributed by atoms with Crippen molar-refractivity contribution in [2.45, 2.75) is 6.92 Å². The van der Waals surface area contributed by atoms with Gasteiger partial charge in [-0.05, 0) is 37.3 Å². The average Bonchev–Trinajstić information content (AvgIpc) is 3.07. The maximum Gasteiger partial charge on any atom is 0.254 e. The molecule has 4 rings (SSSR count). The minimum absolute atomic E-state index is 0.595. The van der Waals surface area contributed by atoms with E-state index in [9.17, 15) is 0 Å². The third-order valence-corrected chi connectivity index (χ3v) is 4.26. The number of aryl methyl sites for hydroxylation is 1. The molecule has 8 heteroatoms. The number of hydrogen-bond donors (Lipinski definition) is 2. The van der Waals surface area contributed by atoms with Gasteiger partial charge in [-0.2, -0.15) is 14.6 Å². The van der Waals surface area contributed by atoms with E-state index in [2.05, 4.69) is 58.7 Å². The van der Waals surface area contributed by atoms with Crippen molar-refractivity contribution in [2.24, 2.45) is 0 Å². The molecule has 0 atom stereocenters. The maximum absolute atomic E-state index is 4.62. The van der Waals surface area contributed by atoms with Crippen LogP contribution in [0.4, 0.5) is 11.6 Å². The van der Waals surface area contributed by atoms with Gasteiger partial charge in [0, 0.05) is 34.7 Å². The fourth-order valence-corrected chi connectivity index (χ4v) is 3.01. The molecule has 0 saturated heterocycles. The van der Waals surface area contributed by atoms with Gasteiger partial charge in [0.2, 0.25) is 0 Å². The molecule has 1 aromatic carbocycles. The lowest BCUT2D eigenvalue weighted by atomic mass is 10.2. The Bertz CT molecular complexity index is 1040. The van der Waals surface area contributed by atoms with Crippen LogP contribution in [-0.2, 0) is 0 Å². The van der Waals surface area contributed by atoms with E-state index in [1.807, 2.05) is 31.2 Å². The predicted molar refractivity (Wildman–Crippen MR) is 102 cm³/mol. The fourth-order valence-electron chi connectivity index (χ4n) is 2.63. The van der Waals surface area contributed by atoms with Gasteiger partial charge in [-0.15, -0.1) is 0 Å². The molecule has 4 aromatic rings. The van der Waals surface area contributed by atoms with Gasteiger partial charge < -0.3 is 10.6 Å². The molecule has 0 fully saturated rings. The normalized spacial score (nSPS) is 11.1. The molecule has 2 N–H and O–H groups in total. The Morgan fingerprint density at radius 1 is 1.04 bits per heavy atom. The topological polar surface area (TPSA) is 80.0 Å². The van der Waals surface area contributed by atoms with Gasteiger partial charge in [-0.3, -0.25) is 0 Å². The first kappa shape index (κ1) is 15.8. The molecule has 3 aromatic heterocycles. The maximum atomic E-state index is 4.62. The Labute approximate surface area is 152 Å². The molecule has 0 aliphatic rings. The SMILES string of the molecule is Cc1cc(NCCNc2ccc3cc(Br)ccc3n2)n2ncnc2n1. The molecule has 7 nitrogen and oxygen atoms in total. The molecule has 0 spiro atoms. The first-order chi connectivity index (χ1) is 12.2. The molecular formula is C17H16BrN7. The van der Waals surface area contributed by atoms with E-state index < -0.39 is 0 Å². The van der Waals surface area contributed by atoms with Crippen LogP contribution in [0.25, 0.3) is 16.7 Å². The summed E-state index contributed by atoms with van der Waals surface area (Å²) in [6.45, 7) is 3.39. The highest BCUT2D eigenvalue weighted by molar-refractivity contribution is 9.10. The minimum Gasteiger partial charge on any atom is -0.368 e. The number of benzene rings is 1. The van der Waals surface area contributed by atoms with E-state index in [0.717, 1.165) is 45.8 Å². The Hall–Kier alpha value is -2.74. The lowest BCUT2D eigenvalue weighted by Gasteiger charge is -2.10. The summed E-state index contributed by atoms with van der Waals surface area (Å²) in [5, 5.41) is 12.0. The zero-order valence-electron chi connectivity index (χ0n) is 13.6. The van der Waals surface area contributed by atoms with Gasteiger partial charge in [0.1, 0.15) is 18.0 Å². The standard InChI is InChI=1S/C17H16BrN7/c1-11-8-16(25-17(23-11)21-10-22-25)20-7-6-19-15-5-2-12-9-13(18)3-4-14(12)24-15/h2-5,8-10,20H,6-7H2,1H3,(H,19,24). The molecule has 0 aliphatic carbocycles. The Balaban J connectivity index is 1.40.